The number of hydrogen-bond acceptors (Lipinski definition) is 5. The zero-order valence-corrected chi connectivity index (χ0v) is 17.4. The highest BCUT2D eigenvalue weighted by Crippen LogP contribution is 2.43. The predicted molar refractivity (Wildman–Crippen MR) is 104 cm³/mol. The van der Waals surface area contributed by atoms with Gasteiger partial charge in [-0.2, -0.15) is 5.10 Å². The predicted octanol–water partition coefficient (Wildman–Crippen LogP) is 3.88. The fraction of sp³-hybridized carbons (Fsp3) is 0.714. The van der Waals surface area contributed by atoms with E-state index < -0.39 is 24.9 Å². The number of alkyl halides is 2. The van der Waals surface area contributed by atoms with Crippen molar-refractivity contribution in [3.63, 3.8) is 0 Å². The van der Waals surface area contributed by atoms with Gasteiger partial charge in [-0.15, -0.1) is 0 Å². The van der Waals surface area contributed by atoms with Gasteiger partial charge < -0.3 is 14.2 Å². The van der Waals surface area contributed by atoms with E-state index in [1.807, 2.05) is 19.9 Å². The largest absolute Gasteiger partial charge is 0.461 e. The van der Waals surface area contributed by atoms with Gasteiger partial charge in [-0.05, 0) is 45.6 Å². The lowest BCUT2D eigenvalue weighted by molar-refractivity contribution is -0.0210. The SMILES string of the molecule is CCOCC1(COCC)CC=C(c2c(C(=O)OCC)nn3c2CC(F)(F)C3)CC1. The monoisotopic (exact) mass is 412 g/mol. The first kappa shape index (κ1) is 21.9. The Labute approximate surface area is 170 Å². The van der Waals surface area contributed by atoms with Crippen LogP contribution in [0.15, 0.2) is 6.08 Å². The van der Waals surface area contributed by atoms with E-state index >= 15 is 0 Å². The molecular formula is C21H30F2N2O4. The van der Waals surface area contributed by atoms with Crippen molar-refractivity contribution in [3.8, 4) is 0 Å². The summed E-state index contributed by atoms with van der Waals surface area (Å²) in [4.78, 5) is 12.4. The van der Waals surface area contributed by atoms with E-state index in [4.69, 9.17) is 14.2 Å². The van der Waals surface area contributed by atoms with Gasteiger partial charge in [-0.3, -0.25) is 4.68 Å². The summed E-state index contributed by atoms with van der Waals surface area (Å²) in [6.07, 6.45) is 3.78. The maximum atomic E-state index is 14.0. The van der Waals surface area contributed by atoms with Crippen LogP contribution in [0, 0.1) is 5.41 Å². The smallest absolute Gasteiger partial charge is 0.359 e. The van der Waals surface area contributed by atoms with Crippen LogP contribution in [0.25, 0.3) is 5.57 Å². The molecule has 0 saturated heterocycles. The summed E-state index contributed by atoms with van der Waals surface area (Å²) in [5, 5.41) is 4.19. The van der Waals surface area contributed by atoms with Crippen molar-refractivity contribution in [2.45, 2.75) is 58.9 Å². The van der Waals surface area contributed by atoms with Crippen molar-refractivity contribution < 1.29 is 27.8 Å². The minimum absolute atomic E-state index is 0.139. The Morgan fingerprint density at radius 2 is 1.86 bits per heavy atom. The van der Waals surface area contributed by atoms with Crippen LogP contribution in [0.3, 0.4) is 0 Å². The number of ether oxygens (including phenoxy) is 3. The van der Waals surface area contributed by atoms with Crippen molar-refractivity contribution in [2.75, 3.05) is 33.0 Å². The topological polar surface area (TPSA) is 62.6 Å². The molecule has 0 amide bonds. The maximum absolute atomic E-state index is 14.0. The molecule has 2 aliphatic rings. The number of aromatic nitrogens is 2. The number of esters is 1. The molecule has 1 aliphatic carbocycles. The number of rotatable bonds is 9. The molecule has 1 aromatic heterocycles. The summed E-state index contributed by atoms with van der Waals surface area (Å²) >= 11 is 0. The summed E-state index contributed by atoms with van der Waals surface area (Å²) in [5.41, 5.74) is 1.84. The van der Waals surface area contributed by atoms with Crippen molar-refractivity contribution in [1.29, 1.82) is 0 Å². The average Bonchev–Trinajstić information content (AvgIpc) is 3.17. The lowest BCUT2D eigenvalue weighted by Crippen LogP contribution is -2.34. The molecule has 2 heterocycles. The molecular weight excluding hydrogens is 382 g/mol. The minimum Gasteiger partial charge on any atom is -0.461 e. The van der Waals surface area contributed by atoms with E-state index in [1.165, 1.54) is 4.68 Å². The van der Waals surface area contributed by atoms with Gasteiger partial charge in [-0.1, -0.05) is 6.08 Å². The second-order valence-electron chi connectivity index (χ2n) is 7.79. The van der Waals surface area contributed by atoms with Crippen LogP contribution in [-0.2, 0) is 27.2 Å². The second kappa shape index (κ2) is 8.92. The van der Waals surface area contributed by atoms with E-state index in [9.17, 15) is 13.6 Å². The summed E-state index contributed by atoms with van der Waals surface area (Å²) in [5.74, 6) is -3.40. The molecule has 162 valence electrons. The van der Waals surface area contributed by atoms with Gasteiger partial charge in [0.2, 0.25) is 0 Å². The molecule has 8 heteroatoms. The lowest BCUT2D eigenvalue weighted by Gasteiger charge is -2.36. The van der Waals surface area contributed by atoms with Crippen LogP contribution in [0.4, 0.5) is 8.78 Å². The van der Waals surface area contributed by atoms with E-state index in [-0.39, 0.29) is 17.7 Å². The standard InChI is InChI=1S/C21H30F2N2O4/c1-4-27-13-20(14-28-5-2)9-7-15(8-10-20)17-16-11-21(22,23)12-25(16)24-18(17)19(26)29-6-3/h7H,4-6,8-14H2,1-3H3. The number of allylic oxidation sites excluding steroid dienone is 2. The minimum atomic E-state index is -2.84. The molecule has 0 radical (unpaired) electrons. The molecule has 1 aromatic rings. The lowest BCUT2D eigenvalue weighted by atomic mass is 9.74. The average molecular weight is 412 g/mol. The fourth-order valence-electron chi connectivity index (χ4n) is 4.12. The van der Waals surface area contributed by atoms with Crippen LogP contribution < -0.4 is 0 Å². The van der Waals surface area contributed by atoms with Gasteiger partial charge >= 0.3 is 5.97 Å². The molecule has 0 spiro atoms. The number of halogens is 2. The van der Waals surface area contributed by atoms with Gasteiger partial charge in [0.15, 0.2) is 5.69 Å². The summed E-state index contributed by atoms with van der Waals surface area (Å²) in [6, 6.07) is 0. The van der Waals surface area contributed by atoms with Crippen molar-refractivity contribution in [3.05, 3.63) is 23.0 Å². The Balaban J connectivity index is 1.92. The molecule has 3 rings (SSSR count). The summed E-state index contributed by atoms with van der Waals surface area (Å²) < 4.78 is 45.7. The van der Waals surface area contributed by atoms with Crippen LogP contribution in [-0.4, -0.2) is 54.7 Å². The number of fused-ring (bicyclic) bond motifs is 1. The second-order valence-corrected chi connectivity index (χ2v) is 7.79. The summed E-state index contributed by atoms with van der Waals surface area (Å²) in [6.45, 7) is 7.77. The highest BCUT2D eigenvalue weighted by atomic mass is 19.3. The van der Waals surface area contributed by atoms with Crippen molar-refractivity contribution >= 4 is 11.5 Å². The highest BCUT2D eigenvalue weighted by Gasteiger charge is 2.43. The molecule has 6 nitrogen and oxygen atoms in total. The Bertz CT molecular complexity index is 765. The van der Waals surface area contributed by atoms with E-state index in [1.54, 1.807) is 6.92 Å². The van der Waals surface area contributed by atoms with E-state index in [0.29, 0.717) is 50.5 Å². The van der Waals surface area contributed by atoms with Gasteiger partial charge in [0, 0.05) is 24.2 Å². The third kappa shape index (κ3) is 4.69. The van der Waals surface area contributed by atoms with Gasteiger partial charge in [0.05, 0.1) is 31.9 Å². The number of carbonyl (C=O) groups is 1. The van der Waals surface area contributed by atoms with Gasteiger partial charge in [0.1, 0.15) is 6.54 Å². The van der Waals surface area contributed by atoms with Gasteiger partial charge in [0.25, 0.3) is 5.92 Å². The van der Waals surface area contributed by atoms with Crippen LogP contribution >= 0.6 is 0 Å². The fourth-order valence-corrected chi connectivity index (χ4v) is 4.12. The maximum Gasteiger partial charge on any atom is 0.359 e. The third-order valence-corrected chi connectivity index (χ3v) is 5.59. The molecule has 0 bridgehead atoms. The quantitative estimate of drug-likeness (QED) is 0.576. The van der Waals surface area contributed by atoms with E-state index in [2.05, 4.69) is 5.10 Å². The molecule has 1 aliphatic heterocycles. The molecule has 29 heavy (non-hydrogen) atoms. The summed E-state index contributed by atoms with van der Waals surface area (Å²) in [7, 11) is 0. The molecule has 0 saturated carbocycles. The number of hydrogen-bond donors (Lipinski definition) is 0. The first-order chi connectivity index (χ1) is 13.8. The molecule has 0 unspecified atom stereocenters. The molecule has 0 atom stereocenters. The Morgan fingerprint density at radius 1 is 1.17 bits per heavy atom. The zero-order chi connectivity index (χ0) is 21.1. The number of nitrogens with zero attached hydrogens (tertiary/aromatic N) is 2. The van der Waals surface area contributed by atoms with Crippen molar-refractivity contribution in [2.24, 2.45) is 5.41 Å². The van der Waals surface area contributed by atoms with Crippen LogP contribution in [0.5, 0.6) is 0 Å². The molecule has 0 N–H and O–H groups in total. The Kier molecular flexibility index (Phi) is 6.73. The Morgan fingerprint density at radius 3 is 2.41 bits per heavy atom. The first-order valence-corrected chi connectivity index (χ1v) is 10.3. The molecule has 0 fully saturated rings. The Hall–Kier alpha value is -1.80. The third-order valence-electron chi connectivity index (χ3n) is 5.59. The van der Waals surface area contributed by atoms with Gasteiger partial charge in [-0.25, -0.2) is 13.6 Å². The van der Waals surface area contributed by atoms with Crippen LogP contribution in [0.1, 0.15) is 61.8 Å². The van der Waals surface area contributed by atoms with Crippen LogP contribution in [0.2, 0.25) is 0 Å². The molecule has 0 aromatic carbocycles. The normalized spacial score (nSPS) is 19.7. The van der Waals surface area contributed by atoms with Crippen molar-refractivity contribution in [1.82, 2.24) is 9.78 Å². The number of carbonyl (C=O) groups excluding carboxylic acids is 1. The zero-order valence-electron chi connectivity index (χ0n) is 17.4. The van der Waals surface area contributed by atoms with E-state index in [0.717, 1.165) is 12.0 Å². The highest BCUT2D eigenvalue weighted by molar-refractivity contribution is 5.94. The first-order valence-electron chi connectivity index (χ1n) is 10.3.